The molecular weight excluding hydrogens is 971 g/mol. The van der Waals surface area contributed by atoms with E-state index in [1.54, 1.807) is 0 Å². The molecule has 0 N–H and O–H groups in total. The Bertz CT molecular complexity index is 3710. The first-order valence-corrected chi connectivity index (χ1v) is 28.7. The van der Waals surface area contributed by atoms with Crippen molar-refractivity contribution in [3.8, 4) is 44.9 Å². The number of fused-ring (bicyclic) bond motifs is 9. The minimum Gasteiger partial charge on any atom is -0.494 e. The van der Waals surface area contributed by atoms with E-state index >= 15 is 0 Å². The first-order valence-electron chi connectivity index (χ1n) is 28.7. The largest absolute Gasteiger partial charge is 0.494 e. The van der Waals surface area contributed by atoms with Crippen molar-refractivity contribution >= 4 is 29.2 Å². The summed E-state index contributed by atoms with van der Waals surface area (Å²) >= 11 is 0. The monoisotopic (exact) mass is 1040 g/mol. The fraction of sp³-hybridized carbons (Fsp3) is 0.169. The number of nitrogens with zero attached hydrogens (tertiary/aromatic N) is 1. The fourth-order valence-corrected chi connectivity index (χ4v) is 13.9. The first kappa shape index (κ1) is 50.6. The van der Waals surface area contributed by atoms with Gasteiger partial charge in [0.15, 0.2) is 0 Å². The van der Waals surface area contributed by atoms with Crippen LogP contribution in [0.3, 0.4) is 0 Å². The Labute approximate surface area is 473 Å². The van der Waals surface area contributed by atoms with Crippen LogP contribution in [0.5, 0.6) is 11.5 Å². The second kappa shape index (κ2) is 21.0. The standard InChI is InChI=1S/C77H67NO2/c1-5-54-33-40-61(41-34-54)79-49-21-19-47-76(56-23-9-7-10-24-56)70-31-17-14-28-64(70)67-45-38-59(52-73(67)76)78(58-37-44-66-63-27-13-16-30-69(63)75(3,4)72(66)51-58)60-39-46-68-65-29-15-18-32-71(65)77(74(68)53-60,57-25-11-8-12-26-57)48-20-22-50-80-62-42-35-55(6-2)36-43-62/h5-18,23-46,51-53H,1-2,19-22,47-50H2,3-4H3. The van der Waals surface area contributed by atoms with Crippen LogP contribution in [0.25, 0.3) is 45.5 Å². The Balaban J connectivity index is 0.946. The molecule has 10 aromatic carbocycles. The summed E-state index contributed by atoms with van der Waals surface area (Å²) < 4.78 is 12.7. The number of benzene rings is 10. The molecule has 2 unspecified atom stereocenters. The van der Waals surface area contributed by atoms with Crippen LogP contribution in [0.15, 0.2) is 250 Å². The minimum absolute atomic E-state index is 0.185. The zero-order valence-corrected chi connectivity index (χ0v) is 46.0. The molecule has 0 aliphatic heterocycles. The van der Waals surface area contributed by atoms with Crippen LogP contribution in [-0.4, -0.2) is 13.2 Å². The van der Waals surface area contributed by atoms with Crippen LogP contribution in [0.2, 0.25) is 0 Å². The number of rotatable bonds is 19. The van der Waals surface area contributed by atoms with Gasteiger partial charge in [-0.25, -0.2) is 0 Å². The van der Waals surface area contributed by atoms with Crippen LogP contribution in [0, 0.1) is 0 Å². The smallest absolute Gasteiger partial charge is 0.119 e. The number of hydrogen-bond donors (Lipinski definition) is 0. The summed E-state index contributed by atoms with van der Waals surface area (Å²) in [6.07, 6.45) is 9.39. The van der Waals surface area contributed by atoms with Crippen molar-refractivity contribution < 1.29 is 9.47 Å². The third-order valence-corrected chi connectivity index (χ3v) is 17.8. The summed E-state index contributed by atoms with van der Waals surface area (Å²) in [5.74, 6) is 1.78. The van der Waals surface area contributed by atoms with Gasteiger partial charge in [0.1, 0.15) is 11.5 Å². The maximum Gasteiger partial charge on any atom is 0.119 e. The van der Waals surface area contributed by atoms with E-state index in [1.165, 1.54) is 77.9 Å². The Kier molecular flexibility index (Phi) is 13.3. The Morgan fingerprint density at radius 2 is 0.700 bits per heavy atom. The Morgan fingerprint density at radius 3 is 1.12 bits per heavy atom. The summed E-state index contributed by atoms with van der Waals surface area (Å²) in [5.41, 5.74) is 23.2. The molecule has 0 spiro atoms. The highest BCUT2D eigenvalue weighted by Gasteiger charge is 2.47. The van der Waals surface area contributed by atoms with Crippen LogP contribution >= 0.6 is 0 Å². The molecule has 3 heteroatoms. The van der Waals surface area contributed by atoms with Gasteiger partial charge >= 0.3 is 0 Å². The molecule has 3 nitrogen and oxygen atoms in total. The van der Waals surface area contributed by atoms with E-state index in [-0.39, 0.29) is 5.41 Å². The minimum atomic E-state index is -0.400. The van der Waals surface area contributed by atoms with Gasteiger partial charge in [0.05, 0.1) is 13.2 Å². The zero-order valence-electron chi connectivity index (χ0n) is 46.0. The van der Waals surface area contributed by atoms with Crippen LogP contribution < -0.4 is 14.4 Å². The zero-order chi connectivity index (χ0) is 54.3. The van der Waals surface area contributed by atoms with Crippen molar-refractivity contribution in [3.05, 3.63) is 305 Å². The lowest BCUT2D eigenvalue weighted by atomic mass is 9.69. The summed E-state index contributed by atoms with van der Waals surface area (Å²) in [7, 11) is 0. The lowest BCUT2D eigenvalue weighted by Crippen LogP contribution is -2.28. The van der Waals surface area contributed by atoms with E-state index in [1.807, 2.05) is 36.4 Å². The van der Waals surface area contributed by atoms with Crippen molar-refractivity contribution in [3.63, 3.8) is 0 Å². The molecule has 392 valence electrons. The molecule has 10 aromatic rings. The quantitative estimate of drug-likeness (QED) is 0.0754. The van der Waals surface area contributed by atoms with Crippen molar-refractivity contribution in [1.82, 2.24) is 0 Å². The number of anilines is 3. The number of ether oxygens (including phenoxy) is 2. The van der Waals surface area contributed by atoms with E-state index in [4.69, 9.17) is 9.47 Å². The van der Waals surface area contributed by atoms with Crippen LogP contribution in [-0.2, 0) is 16.2 Å². The highest BCUT2D eigenvalue weighted by atomic mass is 16.5. The van der Waals surface area contributed by atoms with E-state index in [2.05, 4.69) is 244 Å². The predicted octanol–water partition coefficient (Wildman–Crippen LogP) is 19.9. The maximum absolute atomic E-state index is 6.36. The van der Waals surface area contributed by atoms with E-state index in [9.17, 15) is 0 Å². The summed E-state index contributed by atoms with van der Waals surface area (Å²) in [6, 6.07) is 88.2. The molecule has 0 bridgehead atoms. The number of hydrogen-bond acceptors (Lipinski definition) is 3. The maximum atomic E-state index is 6.36. The van der Waals surface area contributed by atoms with Crippen molar-refractivity contribution in [2.45, 2.75) is 68.6 Å². The van der Waals surface area contributed by atoms with Gasteiger partial charge in [0.2, 0.25) is 0 Å². The molecule has 0 heterocycles. The first-order chi connectivity index (χ1) is 39.3. The molecule has 3 aliphatic rings. The summed E-state index contributed by atoms with van der Waals surface area (Å²) in [5, 5.41) is 0. The van der Waals surface area contributed by atoms with Gasteiger partial charge in [-0.3, -0.25) is 0 Å². The molecule has 0 amide bonds. The molecule has 0 fully saturated rings. The fourth-order valence-electron chi connectivity index (χ4n) is 13.9. The molecule has 0 saturated heterocycles. The van der Waals surface area contributed by atoms with E-state index in [0.29, 0.717) is 13.2 Å². The lowest BCUT2D eigenvalue weighted by Gasteiger charge is -2.36. The predicted molar refractivity (Wildman–Crippen MR) is 334 cm³/mol. The van der Waals surface area contributed by atoms with Gasteiger partial charge in [-0.2, -0.15) is 0 Å². The van der Waals surface area contributed by atoms with E-state index < -0.39 is 10.8 Å². The van der Waals surface area contributed by atoms with Crippen LogP contribution in [0.1, 0.15) is 108 Å². The summed E-state index contributed by atoms with van der Waals surface area (Å²) in [4.78, 5) is 2.56. The van der Waals surface area contributed by atoms with Crippen molar-refractivity contribution in [1.29, 1.82) is 0 Å². The Hall–Kier alpha value is -8.92. The number of unbranched alkanes of at least 4 members (excludes halogenated alkanes) is 2. The van der Waals surface area contributed by atoms with Crippen molar-refractivity contribution in [2.24, 2.45) is 0 Å². The van der Waals surface area contributed by atoms with Gasteiger partial charge in [-0.1, -0.05) is 215 Å². The third-order valence-electron chi connectivity index (χ3n) is 17.8. The molecule has 0 saturated carbocycles. The second-order valence-electron chi connectivity index (χ2n) is 22.5. The van der Waals surface area contributed by atoms with Gasteiger partial charge in [-0.05, 0) is 188 Å². The highest BCUT2D eigenvalue weighted by molar-refractivity contribution is 5.92. The topological polar surface area (TPSA) is 21.7 Å². The molecule has 2 atom stereocenters. The highest BCUT2D eigenvalue weighted by Crippen LogP contribution is 2.59. The van der Waals surface area contributed by atoms with Gasteiger partial charge < -0.3 is 14.4 Å². The lowest BCUT2D eigenvalue weighted by molar-refractivity contribution is 0.301. The van der Waals surface area contributed by atoms with Crippen molar-refractivity contribution in [2.75, 3.05) is 18.1 Å². The van der Waals surface area contributed by atoms with Gasteiger partial charge in [0.25, 0.3) is 0 Å². The average Bonchev–Trinajstić information content (AvgIpc) is 4.09. The van der Waals surface area contributed by atoms with Gasteiger partial charge in [0, 0.05) is 33.3 Å². The second-order valence-corrected chi connectivity index (χ2v) is 22.5. The normalized spacial score (nSPS) is 16.6. The SMILES string of the molecule is C=Cc1ccc(OCCCCC2(c3ccccc3)c3ccccc3-c3ccc(N(c4ccc5c(c4)C(C)(C)c4ccccc4-5)c4ccc5c(c4)C(CCCCOc4ccc(C=C)cc4)(c4ccccc4)c4ccccc4-5)cc32)cc1. The molecule has 13 rings (SSSR count). The molecule has 0 radical (unpaired) electrons. The average molecular weight is 1040 g/mol. The molecular formula is C77H67NO2. The van der Waals surface area contributed by atoms with Gasteiger partial charge in [-0.15, -0.1) is 0 Å². The van der Waals surface area contributed by atoms with E-state index in [0.717, 1.165) is 78.2 Å². The molecule has 80 heavy (non-hydrogen) atoms. The Morgan fingerprint density at radius 1 is 0.350 bits per heavy atom. The molecule has 3 aliphatic carbocycles. The third kappa shape index (κ3) is 8.59. The summed E-state index contributed by atoms with van der Waals surface area (Å²) in [6.45, 7) is 13.9. The molecule has 0 aromatic heterocycles. The van der Waals surface area contributed by atoms with Crippen LogP contribution in [0.4, 0.5) is 17.1 Å².